The van der Waals surface area contributed by atoms with E-state index in [1.54, 1.807) is 16.7 Å². The van der Waals surface area contributed by atoms with E-state index in [0.29, 0.717) is 6.07 Å². The molecule has 4 nitrogen and oxygen atoms in total. The third kappa shape index (κ3) is 4.25. The molecule has 0 fully saturated rings. The van der Waals surface area contributed by atoms with Gasteiger partial charge in [-0.3, -0.25) is 9.59 Å². The molecule has 4 rings (SSSR count). The Morgan fingerprint density at radius 2 is 1.81 bits per heavy atom. The number of hydrogen-bond acceptors (Lipinski definition) is 3. The number of rotatable bonds is 4. The fourth-order valence-electron chi connectivity index (χ4n) is 3.64. The molecule has 1 unspecified atom stereocenters. The maximum absolute atomic E-state index is 12.9. The molecule has 1 aliphatic rings. The Labute approximate surface area is 180 Å². The van der Waals surface area contributed by atoms with Gasteiger partial charge in [0.15, 0.2) is 0 Å². The Morgan fingerprint density at radius 1 is 1.06 bits per heavy atom. The zero-order valence-electron chi connectivity index (χ0n) is 16.5. The van der Waals surface area contributed by atoms with Gasteiger partial charge in [-0.05, 0) is 47.4 Å². The quantitative estimate of drug-likeness (QED) is 0.572. The molecule has 0 saturated carbocycles. The molecule has 0 saturated heterocycles. The number of carbonyl (C=O) groups excluding carboxylic acids is 1. The predicted molar refractivity (Wildman–Crippen MR) is 112 cm³/mol. The van der Waals surface area contributed by atoms with Gasteiger partial charge in [0, 0.05) is 9.79 Å². The summed E-state index contributed by atoms with van der Waals surface area (Å²) >= 11 is 1.60. The van der Waals surface area contributed by atoms with Crippen LogP contribution in [0.25, 0.3) is 0 Å². The van der Waals surface area contributed by atoms with Gasteiger partial charge in [0.2, 0.25) is 0 Å². The highest BCUT2D eigenvalue weighted by Gasteiger charge is 2.33. The summed E-state index contributed by atoms with van der Waals surface area (Å²) in [5.41, 5.74) is 0.285. The Bertz CT molecular complexity index is 1200. The second kappa shape index (κ2) is 8.26. The highest BCUT2D eigenvalue weighted by Crippen LogP contribution is 2.45. The number of halogens is 3. The largest absolute Gasteiger partial charge is 0.431 e. The Kier molecular flexibility index (Phi) is 5.66. The lowest BCUT2D eigenvalue weighted by molar-refractivity contribution is -0.141. The maximum atomic E-state index is 12.9. The van der Waals surface area contributed by atoms with Gasteiger partial charge in [-0.1, -0.05) is 55.4 Å². The Hall–Kier alpha value is -3.00. The molecule has 1 aromatic heterocycles. The minimum absolute atomic E-state index is 0.366. The highest BCUT2D eigenvalue weighted by atomic mass is 32.2. The Morgan fingerprint density at radius 3 is 2.52 bits per heavy atom. The van der Waals surface area contributed by atoms with Crippen molar-refractivity contribution in [1.29, 1.82) is 0 Å². The lowest BCUT2D eigenvalue weighted by atomic mass is 9.95. The third-order valence-corrected chi connectivity index (χ3v) is 6.29. The van der Waals surface area contributed by atoms with Crippen molar-refractivity contribution in [3.05, 3.63) is 92.9 Å². The van der Waals surface area contributed by atoms with E-state index in [1.165, 1.54) is 0 Å². The number of alkyl halides is 3. The molecular formula is C23H19F3N2O2S. The van der Waals surface area contributed by atoms with E-state index in [-0.39, 0.29) is 5.56 Å². The number of hydrogen-bond donors (Lipinski definition) is 2. The van der Waals surface area contributed by atoms with Crippen LogP contribution in [0, 0.1) is 0 Å². The van der Waals surface area contributed by atoms with E-state index in [0.717, 1.165) is 45.4 Å². The van der Waals surface area contributed by atoms with Gasteiger partial charge in [0.05, 0.1) is 6.04 Å². The summed E-state index contributed by atoms with van der Waals surface area (Å²) in [4.78, 5) is 28.8. The number of amides is 1. The van der Waals surface area contributed by atoms with Gasteiger partial charge in [0.1, 0.15) is 11.3 Å². The molecule has 2 heterocycles. The van der Waals surface area contributed by atoms with E-state index >= 15 is 0 Å². The summed E-state index contributed by atoms with van der Waals surface area (Å²) in [6, 6.07) is 14.8. The molecular weight excluding hydrogens is 425 g/mol. The first kappa shape index (κ1) is 21.2. The summed E-state index contributed by atoms with van der Waals surface area (Å²) in [5.74, 6) is -0.728. The molecule has 0 bridgehead atoms. The molecule has 160 valence electrons. The fourth-order valence-corrected chi connectivity index (χ4v) is 4.76. The topological polar surface area (TPSA) is 62.0 Å². The molecule has 2 aromatic carbocycles. The van der Waals surface area contributed by atoms with Crippen molar-refractivity contribution in [3.63, 3.8) is 0 Å². The van der Waals surface area contributed by atoms with Crippen LogP contribution in [-0.2, 0) is 12.6 Å². The molecule has 1 aliphatic heterocycles. The first-order chi connectivity index (χ1) is 14.8. The zero-order valence-corrected chi connectivity index (χ0v) is 17.4. The first-order valence-corrected chi connectivity index (χ1v) is 10.6. The molecule has 1 amide bonds. The van der Waals surface area contributed by atoms with Crippen molar-refractivity contribution >= 4 is 17.7 Å². The van der Waals surface area contributed by atoms with Crippen molar-refractivity contribution in [1.82, 2.24) is 10.3 Å². The lowest BCUT2D eigenvalue weighted by Gasteiger charge is -2.29. The molecule has 0 radical (unpaired) electrons. The number of aromatic nitrogens is 1. The van der Waals surface area contributed by atoms with Crippen LogP contribution in [0.3, 0.4) is 0 Å². The molecule has 1 atom stereocenters. The average molecular weight is 444 g/mol. The highest BCUT2D eigenvalue weighted by molar-refractivity contribution is 7.99. The van der Waals surface area contributed by atoms with Gasteiger partial charge in [-0.15, -0.1) is 0 Å². The van der Waals surface area contributed by atoms with E-state index < -0.39 is 29.4 Å². The van der Waals surface area contributed by atoms with Gasteiger partial charge in [0.25, 0.3) is 11.5 Å². The van der Waals surface area contributed by atoms with Crippen LogP contribution in [0.15, 0.2) is 69.2 Å². The van der Waals surface area contributed by atoms with Gasteiger partial charge in [-0.2, -0.15) is 13.2 Å². The number of H-pyrrole nitrogens is 1. The summed E-state index contributed by atoms with van der Waals surface area (Å²) in [5, 5.41) is 2.86. The van der Waals surface area contributed by atoms with E-state index in [2.05, 4.69) is 18.3 Å². The predicted octanol–water partition coefficient (Wildman–Crippen LogP) is 5.33. The van der Waals surface area contributed by atoms with Gasteiger partial charge >= 0.3 is 6.18 Å². The van der Waals surface area contributed by atoms with Crippen molar-refractivity contribution in [2.24, 2.45) is 0 Å². The van der Waals surface area contributed by atoms with Crippen molar-refractivity contribution in [2.75, 3.05) is 0 Å². The second-order valence-corrected chi connectivity index (χ2v) is 8.36. The van der Waals surface area contributed by atoms with Crippen LogP contribution < -0.4 is 10.9 Å². The first-order valence-electron chi connectivity index (χ1n) is 9.79. The van der Waals surface area contributed by atoms with Gasteiger partial charge in [-0.25, -0.2) is 0 Å². The second-order valence-electron chi connectivity index (χ2n) is 7.28. The smallest absolute Gasteiger partial charge is 0.341 e. The maximum Gasteiger partial charge on any atom is 0.431 e. The van der Waals surface area contributed by atoms with Crippen molar-refractivity contribution in [2.45, 2.75) is 41.8 Å². The number of pyridine rings is 1. The van der Waals surface area contributed by atoms with Crippen LogP contribution in [0.5, 0.6) is 0 Å². The number of benzene rings is 2. The molecule has 0 aliphatic carbocycles. The number of nitrogens with one attached hydrogen (secondary N) is 2. The minimum Gasteiger partial charge on any atom is -0.341 e. The van der Waals surface area contributed by atoms with E-state index in [1.807, 2.05) is 36.4 Å². The van der Waals surface area contributed by atoms with Crippen LogP contribution >= 0.6 is 11.8 Å². The number of carbonyl (C=O) groups is 1. The van der Waals surface area contributed by atoms with Gasteiger partial charge < -0.3 is 10.3 Å². The normalized spacial score (nSPS) is 15.2. The molecule has 8 heteroatoms. The number of fused-ring (bicyclic) bond motifs is 2. The zero-order chi connectivity index (χ0) is 22.2. The van der Waals surface area contributed by atoms with Crippen LogP contribution in [-0.4, -0.2) is 10.9 Å². The van der Waals surface area contributed by atoms with Crippen molar-refractivity contribution in [3.8, 4) is 0 Å². The third-order valence-electron chi connectivity index (χ3n) is 5.11. The molecule has 2 N–H and O–H groups in total. The molecule has 31 heavy (non-hydrogen) atoms. The monoisotopic (exact) mass is 444 g/mol. The number of aromatic amines is 1. The van der Waals surface area contributed by atoms with E-state index in [9.17, 15) is 22.8 Å². The van der Waals surface area contributed by atoms with E-state index in [4.69, 9.17) is 0 Å². The number of aryl methyl sites for hydroxylation is 1. The molecule has 3 aromatic rings. The lowest BCUT2D eigenvalue weighted by Crippen LogP contribution is -2.35. The standard InChI is InChI=1S/C23H19F3N2O2S/c1-2-5-13-8-10-18-16(12-13)20(14-6-3-4-7-17(14)31-18)28-22(30)15-9-11-19(23(24,25)26)27-21(15)29/h3-4,6-12,20H,2,5H2,1H3,(H,27,29)(H,28,30). The summed E-state index contributed by atoms with van der Waals surface area (Å²) in [6.45, 7) is 2.08. The fraction of sp³-hybridized carbons (Fsp3) is 0.217. The van der Waals surface area contributed by atoms with Crippen LogP contribution in [0.4, 0.5) is 13.2 Å². The summed E-state index contributed by atoms with van der Waals surface area (Å²) in [7, 11) is 0. The Balaban J connectivity index is 1.72. The van der Waals surface area contributed by atoms with Crippen LogP contribution in [0.1, 0.15) is 52.1 Å². The van der Waals surface area contributed by atoms with Crippen LogP contribution in [0.2, 0.25) is 0 Å². The van der Waals surface area contributed by atoms with Crippen molar-refractivity contribution < 1.29 is 18.0 Å². The average Bonchev–Trinajstić information content (AvgIpc) is 2.73. The molecule has 0 spiro atoms. The summed E-state index contributed by atoms with van der Waals surface area (Å²) < 4.78 is 38.5. The minimum atomic E-state index is -4.69. The SMILES string of the molecule is CCCc1ccc2c(c1)C(NC(=O)c1ccc(C(F)(F)F)[nH]c1=O)c1ccccc1S2. The summed E-state index contributed by atoms with van der Waals surface area (Å²) in [6.07, 6.45) is -2.83.